The van der Waals surface area contributed by atoms with Gasteiger partial charge in [-0.3, -0.25) is 0 Å². The Balaban J connectivity index is 1.22. The summed E-state index contributed by atoms with van der Waals surface area (Å²) in [5.74, 6) is 1.89. The zero-order valence-corrected chi connectivity index (χ0v) is 29.5. The first-order chi connectivity index (χ1) is 25.8. The zero-order valence-electron chi connectivity index (χ0n) is 27.7. The second-order valence-electron chi connectivity index (χ2n) is 13.1. The van der Waals surface area contributed by atoms with Gasteiger partial charge in [0.05, 0.1) is 0 Å². The standard InChI is InChI=1S/C47H27N3OSe/c1-3-12-28(13-4-1)33-19-11-20-37-38-27-39(36-25-22-29-14-7-8-17-32(29)42(36)44(38)52-43(33)37)47-49-45(30-15-5-2-6-16-30)48-46(50-47)31-23-24-35-34-18-9-10-21-40(34)51-41(35)26-31/h1-27H. The molecule has 0 atom stereocenters. The van der Waals surface area contributed by atoms with Crippen molar-refractivity contribution in [1.29, 1.82) is 0 Å². The second-order valence-corrected chi connectivity index (χ2v) is 15.3. The number of aromatic nitrogens is 3. The van der Waals surface area contributed by atoms with Gasteiger partial charge in [-0.1, -0.05) is 18.2 Å². The van der Waals surface area contributed by atoms with Gasteiger partial charge in [0.15, 0.2) is 0 Å². The van der Waals surface area contributed by atoms with Crippen molar-refractivity contribution in [2.45, 2.75) is 0 Å². The van der Waals surface area contributed by atoms with E-state index < -0.39 is 0 Å². The molecule has 0 aliphatic carbocycles. The molecule has 5 heteroatoms. The molecule has 52 heavy (non-hydrogen) atoms. The summed E-state index contributed by atoms with van der Waals surface area (Å²) in [5.41, 5.74) is 7.05. The van der Waals surface area contributed by atoms with Gasteiger partial charge in [-0.05, 0) is 6.07 Å². The Morgan fingerprint density at radius 3 is 1.87 bits per heavy atom. The molecule has 0 aliphatic rings. The Labute approximate surface area is 304 Å². The van der Waals surface area contributed by atoms with Crippen LogP contribution in [-0.4, -0.2) is 29.5 Å². The van der Waals surface area contributed by atoms with Crippen LogP contribution < -0.4 is 0 Å². The molecular formula is C47H27N3OSe. The Hall–Kier alpha value is -6.39. The fourth-order valence-corrected chi connectivity index (χ4v) is 10.6. The molecule has 0 radical (unpaired) electrons. The van der Waals surface area contributed by atoms with Crippen LogP contribution in [0.4, 0.5) is 0 Å². The average Bonchev–Trinajstić information content (AvgIpc) is 3.79. The molecule has 3 aromatic heterocycles. The summed E-state index contributed by atoms with van der Waals surface area (Å²) in [6.45, 7) is 0. The van der Waals surface area contributed by atoms with Gasteiger partial charge < -0.3 is 0 Å². The van der Waals surface area contributed by atoms with E-state index in [2.05, 4.69) is 127 Å². The molecule has 11 rings (SSSR count). The van der Waals surface area contributed by atoms with Gasteiger partial charge in [0.25, 0.3) is 0 Å². The number of nitrogens with zero attached hydrogens (tertiary/aromatic N) is 3. The maximum atomic E-state index is 6.30. The van der Waals surface area contributed by atoms with Gasteiger partial charge in [0.1, 0.15) is 0 Å². The maximum absolute atomic E-state index is 6.30. The van der Waals surface area contributed by atoms with Crippen molar-refractivity contribution in [2.75, 3.05) is 0 Å². The van der Waals surface area contributed by atoms with E-state index in [9.17, 15) is 0 Å². The number of hydrogen-bond donors (Lipinski definition) is 0. The Bertz CT molecular complexity index is 3180. The molecule has 0 N–H and O–H groups in total. The third kappa shape index (κ3) is 4.57. The van der Waals surface area contributed by atoms with Crippen LogP contribution in [-0.2, 0) is 0 Å². The topological polar surface area (TPSA) is 51.8 Å². The number of fused-ring (bicyclic) bond motifs is 10. The van der Waals surface area contributed by atoms with Gasteiger partial charge in [-0.25, -0.2) is 0 Å². The molecule has 0 aliphatic heterocycles. The fraction of sp³-hybridized carbons (Fsp3) is 0. The number of hydrogen-bond acceptors (Lipinski definition) is 4. The van der Waals surface area contributed by atoms with Crippen molar-refractivity contribution in [3.05, 3.63) is 164 Å². The molecular weight excluding hydrogens is 701 g/mol. The van der Waals surface area contributed by atoms with E-state index in [0.29, 0.717) is 17.5 Å². The van der Waals surface area contributed by atoms with Crippen LogP contribution in [0.2, 0.25) is 0 Å². The first-order valence-electron chi connectivity index (χ1n) is 17.4. The third-order valence-electron chi connectivity index (χ3n) is 10.1. The second kappa shape index (κ2) is 11.6. The van der Waals surface area contributed by atoms with Crippen LogP contribution in [0.3, 0.4) is 0 Å². The van der Waals surface area contributed by atoms with E-state index in [1.165, 1.54) is 46.6 Å². The number of benzene rings is 8. The molecule has 0 bridgehead atoms. The van der Waals surface area contributed by atoms with E-state index in [1.54, 1.807) is 0 Å². The number of para-hydroxylation sites is 1. The molecule has 4 nitrogen and oxygen atoms in total. The van der Waals surface area contributed by atoms with Crippen LogP contribution in [0.25, 0.3) is 108 Å². The van der Waals surface area contributed by atoms with Gasteiger partial charge >= 0.3 is 281 Å². The molecule has 3 heterocycles. The summed E-state index contributed by atoms with van der Waals surface area (Å²) in [5, 5.41) is 9.64. The normalized spacial score (nSPS) is 11.8. The van der Waals surface area contributed by atoms with Crippen LogP contribution in [0.5, 0.6) is 0 Å². The van der Waals surface area contributed by atoms with Crippen LogP contribution in [0.15, 0.2) is 168 Å². The van der Waals surface area contributed by atoms with Crippen molar-refractivity contribution in [3.8, 4) is 45.3 Å². The van der Waals surface area contributed by atoms with Crippen LogP contribution in [0, 0.1) is 0 Å². The van der Waals surface area contributed by atoms with Gasteiger partial charge in [-0.2, -0.15) is 0 Å². The molecule has 0 fully saturated rings. The summed E-state index contributed by atoms with van der Waals surface area (Å²) in [6, 6.07) is 57.7. The summed E-state index contributed by atoms with van der Waals surface area (Å²) in [6.07, 6.45) is 0. The molecule has 0 amide bonds. The van der Waals surface area contributed by atoms with E-state index in [1.807, 2.05) is 36.4 Å². The Morgan fingerprint density at radius 2 is 1.02 bits per heavy atom. The first kappa shape index (κ1) is 29.4. The van der Waals surface area contributed by atoms with Crippen molar-refractivity contribution in [2.24, 2.45) is 0 Å². The van der Waals surface area contributed by atoms with Gasteiger partial charge in [0, 0.05) is 0 Å². The molecule has 0 saturated heterocycles. The Morgan fingerprint density at radius 1 is 0.365 bits per heavy atom. The SMILES string of the molecule is c1ccc(-c2nc(-c3ccc4c(c3)oc3ccccc34)nc(-c3cc4c5cccc(-c6ccccc6)c5[se]c4c4c3ccc3ccccc34)n2)cc1. The third-order valence-corrected chi connectivity index (χ3v) is 12.8. The summed E-state index contributed by atoms with van der Waals surface area (Å²) in [7, 11) is 0. The summed E-state index contributed by atoms with van der Waals surface area (Å²) >= 11 is 0.0967. The molecule has 11 aromatic rings. The summed E-state index contributed by atoms with van der Waals surface area (Å²) in [4.78, 5) is 15.6. The molecule has 242 valence electrons. The van der Waals surface area contributed by atoms with Gasteiger partial charge in [-0.15, -0.1) is 0 Å². The fourth-order valence-electron chi connectivity index (χ4n) is 7.67. The van der Waals surface area contributed by atoms with Gasteiger partial charge in [0.2, 0.25) is 0 Å². The first-order valence-corrected chi connectivity index (χ1v) is 19.1. The van der Waals surface area contributed by atoms with Crippen LogP contribution >= 0.6 is 0 Å². The van der Waals surface area contributed by atoms with E-state index in [-0.39, 0.29) is 14.5 Å². The Kier molecular flexibility index (Phi) is 6.53. The van der Waals surface area contributed by atoms with Crippen molar-refractivity contribution < 1.29 is 4.42 Å². The van der Waals surface area contributed by atoms with Crippen molar-refractivity contribution in [1.82, 2.24) is 15.0 Å². The molecule has 0 unspecified atom stereocenters. The molecule has 0 saturated carbocycles. The summed E-state index contributed by atoms with van der Waals surface area (Å²) < 4.78 is 9.13. The zero-order chi connectivity index (χ0) is 34.2. The van der Waals surface area contributed by atoms with E-state index in [4.69, 9.17) is 19.4 Å². The average molecular weight is 729 g/mol. The number of rotatable bonds is 4. The van der Waals surface area contributed by atoms with Crippen LogP contribution in [0.1, 0.15) is 0 Å². The van der Waals surface area contributed by atoms with E-state index >= 15 is 0 Å². The minimum atomic E-state index is 0.0967. The number of furan rings is 1. The van der Waals surface area contributed by atoms with Crippen molar-refractivity contribution >= 4 is 77.3 Å². The molecule has 8 aromatic carbocycles. The molecule has 0 spiro atoms. The predicted molar refractivity (Wildman–Crippen MR) is 216 cm³/mol. The monoisotopic (exact) mass is 729 g/mol. The minimum absolute atomic E-state index is 0.0967. The predicted octanol–water partition coefficient (Wildman–Crippen LogP) is 12.1. The van der Waals surface area contributed by atoms with Crippen molar-refractivity contribution in [3.63, 3.8) is 0 Å². The quantitative estimate of drug-likeness (QED) is 0.134. The van der Waals surface area contributed by atoms with E-state index in [0.717, 1.165) is 44.0 Å².